The van der Waals surface area contributed by atoms with Crippen LogP contribution in [-0.2, 0) is 22.6 Å². The van der Waals surface area contributed by atoms with E-state index in [9.17, 15) is 4.79 Å². The summed E-state index contributed by atoms with van der Waals surface area (Å²) >= 11 is 3.41. The van der Waals surface area contributed by atoms with Crippen LogP contribution in [0.1, 0.15) is 11.1 Å². The normalized spacial score (nSPS) is 18.3. The maximum absolute atomic E-state index is 12.4. The molecule has 0 radical (unpaired) electrons. The van der Waals surface area contributed by atoms with E-state index in [0.29, 0.717) is 19.7 Å². The van der Waals surface area contributed by atoms with Crippen molar-refractivity contribution in [2.24, 2.45) is 0 Å². The van der Waals surface area contributed by atoms with E-state index in [0.717, 1.165) is 23.1 Å². The SMILES string of the molecule is O=C(NCc1ccc(Br)cc1)C1CN(Cc2ccccc2)CCO1. The van der Waals surface area contributed by atoms with Gasteiger partial charge in [-0.2, -0.15) is 0 Å². The second-order valence-electron chi connectivity index (χ2n) is 5.92. The third-order valence-electron chi connectivity index (χ3n) is 4.07. The first-order valence-corrected chi connectivity index (χ1v) is 8.90. The number of carbonyl (C=O) groups excluding carboxylic acids is 1. The van der Waals surface area contributed by atoms with Gasteiger partial charge in [-0.3, -0.25) is 9.69 Å². The number of rotatable bonds is 5. The zero-order valence-corrected chi connectivity index (χ0v) is 15.0. The molecule has 1 unspecified atom stereocenters. The van der Waals surface area contributed by atoms with Crippen molar-refractivity contribution < 1.29 is 9.53 Å². The van der Waals surface area contributed by atoms with E-state index < -0.39 is 6.10 Å². The highest BCUT2D eigenvalue weighted by molar-refractivity contribution is 9.10. The van der Waals surface area contributed by atoms with Crippen LogP contribution in [0.15, 0.2) is 59.1 Å². The highest BCUT2D eigenvalue weighted by Gasteiger charge is 2.26. The third kappa shape index (κ3) is 4.90. The second-order valence-corrected chi connectivity index (χ2v) is 6.84. The number of hydrogen-bond donors (Lipinski definition) is 1. The summed E-state index contributed by atoms with van der Waals surface area (Å²) in [4.78, 5) is 14.6. The Kier molecular flexibility index (Phi) is 6.01. The van der Waals surface area contributed by atoms with E-state index in [4.69, 9.17) is 4.74 Å². The lowest BCUT2D eigenvalue weighted by Gasteiger charge is -2.32. The second kappa shape index (κ2) is 8.42. The molecular weight excluding hydrogens is 368 g/mol. The molecule has 1 aliphatic heterocycles. The minimum Gasteiger partial charge on any atom is -0.366 e. The van der Waals surface area contributed by atoms with Crippen LogP contribution >= 0.6 is 15.9 Å². The number of carbonyl (C=O) groups is 1. The predicted octanol–water partition coefficient (Wildman–Crippen LogP) is 2.97. The summed E-state index contributed by atoms with van der Waals surface area (Å²) in [5.41, 5.74) is 2.33. The molecule has 1 aliphatic rings. The van der Waals surface area contributed by atoms with E-state index in [1.807, 2.05) is 42.5 Å². The Morgan fingerprint density at radius 2 is 1.88 bits per heavy atom. The quantitative estimate of drug-likeness (QED) is 0.855. The zero-order chi connectivity index (χ0) is 16.8. The van der Waals surface area contributed by atoms with Crippen LogP contribution in [0.3, 0.4) is 0 Å². The van der Waals surface area contributed by atoms with Crippen molar-refractivity contribution in [3.8, 4) is 0 Å². The molecule has 0 aromatic heterocycles. The standard InChI is InChI=1S/C19H21BrN2O2/c20-17-8-6-15(7-9-17)12-21-19(23)18-14-22(10-11-24-18)13-16-4-2-1-3-5-16/h1-9,18H,10-14H2,(H,21,23). The van der Waals surface area contributed by atoms with Gasteiger partial charge >= 0.3 is 0 Å². The van der Waals surface area contributed by atoms with Crippen LogP contribution in [0, 0.1) is 0 Å². The molecule has 1 N–H and O–H groups in total. The van der Waals surface area contributed by atoms with Gasteiger partial charge in [-0.15, -0.1) is 0 Å². The van der Waals surface area contributed by atoms with Crippen molar-refractivity contribution in [2.45, 2.75) is 19.2 Å². The summed E-state index contributed by atoms with van der Waals surface area (Å²) < 4.78 is 6.69. The number of nitrogens with zero attached hydrogens (tertiary/aromatic N) is 1. The molecule has 2 aromatic carbocycles. The molecule has 126 valence electrons. The summed E-state index contributed by atoms with van der Waals surface area (Å²) in [6.07, 6.45) is -0.405. The van der Waals surface area contributed by atoms with Gasteiger partial charge < -0.3 is 10.1 Å². The molecule has 0 aliphatic carbocycles. The average Bonchev–Trinajstić information content (AvgIpc) is 2.62. The van der Waals surface area contributed by atoms with Gasteiger partial charge in [0.05, 0.1) is 6.61 Å². The minimum atomic E-state index is -0.405. The first-order chi connectivity index (χ1) is 11.7. The fourth-order valence-electron chi connectivity index (χ4n) is 2.75. The smallest absolute Gasteiger partial charge is 0.250 e. The first-order valence-electron chi connectivity index (χ1n) is 8.11. The van der Waals surface area contributed by atoms with Gasteiger partial charge in [-0.25, -0.2) is 0 Å². The lowest BCUT2D eigenvalue weighted by atomic mass is 10.1. The maximum Gasteiger partial charge on any atom is 0.250 e. The summed E-state index contributed by atoms with van der Waals surface area (Å²) in [6.45, 7) is 3.43. The van der Waals surface area contributed by atoms with Gasteiger partial charge in [0.2, 0.25) is 0 Å². The molecule has 1 saturated heterocycles. The van der Waals surface area contributed by atoms with Crippen molar-refractivity contribution >= 4 is 21.8 Å². The fourth-order valence-corrected chi connectivity index (χ4v) is 3.02. The summed E-state index contributed by atoms with van der Waals surface area (Å²) in [7, 11) is 0. The molecule has 4 nitrogen and oxygen atoms in total. The molecule has 1 atom stereocenters. The number of hydrogen-bond acceptors (Lipinski definition) is 3. The first kappa shape index (κ1) is 17.1. The van der Waals surface area contributed by atoms with Crippen molar-refractivity contribution in [1.82, 2.24) is 10.2 Å². The number of morpholine rings is 1. The van der Waals surface area contributed by atoms with Crippen molar-refractivity contribution in [2.75, 3.05) is 19.7 Å². The van der Waals surface area contributed by atoms with Gasteiger partial charge in [-0.05, 0) is 23.3 Å². The lowest BCUT2D eigenvalue weighted by molar-refractivity contribution is -0.139. The molecule has 0 bridgehead atoms. The Morgan fingerprint density at radius 3 is 2.62 bits per heavy atom. The molecule has 1 fully saturated rings. The number of halogens is 1. The molecule has 0 spiro atoms. The Hall–Kier alpha value is -1.69. The van der Waals surface area contributed by atoms with Crippen molar-refractivity contribution in [1.29, 1.82) is 0 Å². The van der Waals surface area contributed by atoms with Crippen LogP contribution < -0.4 is 5.32 Å². The Labute approximate surface area is 150 Å². The van der Waals surface area contributed by atoms with Crippen LogP contribution in [-0.4, -0.2) is 36.6 Å². The topological polar surface area (TPSA) is 41.6 Å². The van der Waals surface area contributed by atoms with Crippen LogP contribution in [0.5, 0.6) is 0 Å². The molecule has 2 aromatic rings. The van der Waals surface area contributed by atoms with E-state index >= 15 is 0 Å². The molecule has 0 saturated carbocycles. The number of ether oxygens (including phenoxy) is 1. The monoisotopic (exact) mass is 388 g/mol. The van der Waals surface area contributed by atoms with E-state index in [2.05, 4.69) is 38.3 Å². The van der Waals surface area contributed by atoms with E-state index in [1.54, 1.807) is 0 Å². The number of benzene rings is 2. The third-order valence-corrected chi connectivity index (χ3v) is 4.60. The fraction of sp³-hybridized carbons (Fsp3) is 0.316. The largest absolute Gasteiger partial charge is 0.366 e. The molecule has 5 heteroatoms. The number of nitrogens with one attached hydrogen (secondary N) is 1. The average molecular weight is 389 g/mol. The summed E-state index contributed by atoms with van der Waals surface area (Å²) in [6, 6.07) is 18.2. The Bertz CT molecular complexity index is 661. The highest BCUT2D eigenvalue weighted by atomic mass is 79.9. The van der Waals surface area contributed by atoms with Gasteiger partial charge in [0, 0.05) is 30.7 Å². The van der Waals surface area contributed by atoms with Crippen LogP contribution in [0.25, 0.3) is 0 Å². The van der Waals surface area contributed by atoms with E-state index in [1.165, 1.54) is 5.56 Å². The van der Waals surface area contributed by atoms with Gasteiger partial charge in [0.15, 0.2) is 0 Å². The lowest BCUT2D eigenvalue weighted by Crippen LogP contribution is -2.49. The number of amides is 1. The molecule has 3 rings (SSSR count). The molecule has 1 heterocycles. The summed E-state index contributed by atoms with van der Waals surface area (Å²) in [5.74, 6) is -0.0457. The Morgan fingerprint density at radius 1 is 1.12 bits per heavy atom. The van der Waals surface area contributed by atoms with Gasteiger partial charge in [0.25, 0.3) is 5.91 Å². The predicted molar refractivity (Wildman–Crippen MR) is 97.4 cm³/mol. The minimum absolute atomic E-state index is 0.0457. The van der Waals surface area contributed by atoms with Gasteiger partial charge in [-0.1, -0.05) is 58.4 Å². The maximum atomic E-state index is 12.4. The molecule has 24 heavy (non-hydrogen) atoms. The Balaban J connectivity index is 1.50. The van der Waals surface area contributed by atoms with Crippen molar-refractivity contribution in [3.05, 3.63) is 70.2 Å². The molecular formula is C19H21BrN2O2. The molecule has 1 amide bonds. The van der Waals surface area contributed by atoms with Crippen LogP contribution in [0.2, 0.25) is 0 Å². The van der Waals surface area contributed by atoms with Crippen LogP contribution in [0.4, 0.5) is 0 Å². The highest BCUT2D eigenvalue weighted by Crippen LogP contribution is 2.12. The van der Waals surface area contributed by atoms with E-state index in [-0.39, 0.29) is 5.91 Å². The van der Waals surface area contributed by atoms with Gasteiger partial charge in [0.1, 0.15) is 6.10 Å². The van der Waals surface area contributed by atoms with Crippen molar-refractivity contribution in [3.63, 3.8) is 0 Å². The summed E-state index contributed by atoms with van der Waals surface area (Å²) in [5, 5.41) is 2.97. The zero-order valence-electron chi connectivity index (χ0n) is 13.5.